The van der Waals surface area contributed by atoms with E-state index in [1.54, 1.807) is 0 Å². The molecule has 1 fully saturated rings. The molecular formula is C28H34IN5O3. The highest BCUT2D eigenvalue weighted by Crippen LogP contribution is 2.34. The topological polar surface area (TPSA) is 90.6 Å². The van der Waals surface area contributed by atoms with E-state index in [0.717, 1.165) is 46.7 Å². The Balaban J connectivity index is 1.57. The maximum absolute atomic E-state index is 13.4. The van der Waals surface area contributed by atoms with E-state index in [0.29, 0.717) is 6.54 Å². The summed E-state index contributed by atoms with van der Waals surface area (Å²) in [5.74, 6) is 0.576. The molecule has 1 saturated heterocycles. The molecule has 9 heteroatoms. The number of ether oxygens (including phenoxy) is 1. The number of halogens is 1. The van der Waals surface area contributed by atoms with Crippen LogP contribution < -0.4 is 10.2 Å². The fourth-order valence-electron chi connectivity index (χ4n) is 4.70. The third-order valence-corrected chi connectivity index (χ3v) is 7.75. The summed E-state index contributed by atoms with van der Waals surface area (Å²) in [5.41, 5.74) is 5.41. The van der Waals surface area contributed by atoms with E-state index in [1.807, 2.05) is 39.0 Å². The quantitative estimate of drug-likeness (QED) is 0.345. The van der Waals surface area contributed by atoms with E-state index in [4.69, 9.17) is 4.74 Å². The van der Waals surface area contributed by atoms with Crippen LogP contribution in [0.25, 0.3) is 22.4 Å². The zero-order chi connectivity index (χ0) is 26.7. The number of aromatic nitrogens is 2. The van der Waals surface area contributed by atoms with Crippen LogP contribution in [0.5, 0.6) is 0 Å². The van der Waals surface area contributed by atoms with Crippen molar-refractivity contribution < 1.29 is 14.3 Å². The van der Waals surface area contributed by atoms with Gasteiger partial charge in [0.1, 0.15) is 11.9 Å². The summed E-state index contributed by atoms with van der Waals surface area (Å²) >= 11 is 2.37. The summed E-state index contributed by atoms with van der Waals surface area (Å²) in [4.78, 5) is 37.3. The molecule has 37 heavy (non-hydrogen) atoms. The highest BCUT2D eigenvalue weighted by atomic mass is 127. The third kappa shape index (κ3) is 5.92. The average molecular weight is 616 g/mol. The van der Waals surface area contributed by atoms with Gasteiger partial charge in [-0.25, -0.2) is 9.78 Å². The molecule has 2 atom stereocenters. The van der Waals surface area contributed by atoms with Crippen LogP contribution in [0.15, 0.2) is 48.7 Å². The molecule has 0 radical (unpaired) electrons. The van der Waals surface area contributed by atoms with Gasteiger partial charge in [-0.05, 0) is 76.7 Å². The fourth-order valence-corrected chi connectivity index (χ4v) is 5.35. The first-order valence-corrected chi connectivity index (χ1v) is 13.5. The summed E-state index contributed by atoms with van der Waals surface area (Å²) in [7, 11) is 5.37. The molecule has 8 nitrogen and oxygen atoms in total. The van der Waals surface area contributed by atoms with Gasteiger partial charge in [-0.15, -0.1) is 0 Å². The van der Waals surface area contributed by atoms with Crippen LogP contribution in [0.3, 0.4) is 0 Å². The van der Waals surface area contributed by atoms with E-state index in [-0.39, 0.29) is 17.9 Å². The predicted octanol–water partition coefficient (Wildman–Crippen LogP) is 5.46. The van der Waals surface area contributed by atoms with E-state index >= 15 is 0 Å². The first-order chi connectivity index (χ1) is 17.7. The zero-order valence-corrected chi connectivity index (χ0v) is 24.1. The Hall–Kier alpha value is -3.08. The maximum atomic E-state index is 13.4. The van der Waals surface area contributed by atoms with E-state index in [1.165, 1.54) is 10.7 Å². The number of anilines is 1. The lowest BCUT2D eigenvalue weighted by Gasteiger charge is -2.30. The van der Waals surface area contributed by atoms with Crippen LogP contribution in [0.1, 0.15) is 38.6 Å². The predicted molar refractivity (Wildman–Crippen MR) is 154 cm³/mol. The Kier molecular flexibility index (Phi) is 8.41. The Bertz CT molecular complexity index is 1250. The molecule has 1 aliphatic heterocycles. The first-order valence-electron chi connectivity index (χ1n) is 12.5. The number of hydrogen-bond acceptors (Lipinski definition) is 5. The molecule has 1 aliphatic rings. The zero-order valence-electron chi connectivity index (χ0n) is 21.9. The molecule has 0 spiro atoms. The number of aromatic amines is 1. The number of carbonyl (C=O) groups is 2. The molecule has 4 rings (SSSR count). The average Bonchev–Trinajstić information content (AvgIpc) is 3.57. The van der Waals surface area contributed by atoms with Crippen molar-refractivity contribution >= 4 is 40.3 Å². The van der Waals surface area contributed by atoms with Crippen molar-refractivity contribution in [2.75, 3.05) is 32.6 Å². The number of carbonyl (C=O) groups excluding carboxylic acids is 2. The number of rotatable bonds is 7. The number of amides is 2. The molecule has 0 saturated carbocycles. The summed E-state index contributed by atoms with van der Waals surface area (Å²) in [6, 6.07) is 14.1. The summed E-state index contributed by atoms with van der Waals surface area (Å²) in [6.07, 6.45) is 2.93. The molecule has 1 unspecified atom stereocenters. The van der Waals surface area contributed by atoms with Crippen LogP contribution in [-0.4, -0.2) is 60.7 Å². The van der Waals surface area contributed by atoms with Crippen LogP contribution in [-0.2, 0) is 9.53 Å². The van der Waals surface area contributed by atoms with Gasteiger partial charge in [-0.2, -0.15) is 0 Å². The van der Waals surface area contributed by atoms with Gasteiger partial charge in [0.05, 0.1) is 25.0 Å². The second-order valence-corrected chi connectivity index (χ2v) is 11.0. The van der Waals surface area contributed by atoms with Crippen molar-refractivity contribution in [3.8, 4) is 22.4 Å². The molecule has 0 bridgehead atoms. The minimum absolute atomic E-state index is 0.0722. The van der Waals surface area contributed by atoms with Crippen LogP contribution in [0, 0.1) is 9.49 Å². The minimum Gasteiger partial charge on any atom is -0.453 e. The Morgan fingerprint density at radius 1 is 1.16 bits per heavy atom. The number of nitrogens with one attached hydrogen (secondary N) is 2. The number of benzene rings is 2. The molecule has 2 aromatic carbocycles. The lowest BCUT2D eigenvalue weighted by Crippen LogP contribution is -2.51. The van der Waals surface area contributed by atoms with Crippen molar-refractivity contribution in [1.82, 2.24) is 20.2 Å². The molecule has 1 aromatic heterocycles. The number of imidazole rings is 1. The summed E-state index contributed by atoms with van der Waals surface area (Å²) in [5, 5.41) is 2.70. The van der Waals surface area contributed by atoms with Gasteiger partial charge in [-0.1, -0.05) is 32.0 Å². The third-order valence-electron chi connectivity index (χ3n) is 6.81. The van der Waals surface area contributed by atoms with Gasteiger partial charge < -0.3 is 24.8 Å². The SMILES string of the molecule is COC(=O)N[C@H](C(=O)N1CCCC1c1ncc(-c2ccc(I)c(-c3ccc(N(C)C)cc3)c2)[nH]1)C(C)C. The van der Waals surface area contributed by atoms with E-state index < -0.39 is 12.1 Å². The second-order valence-electron chi connectivity index (χ2n) is 9.87. The van der Waals surface area contributed by atoms with Gasteiger partial charge in [0.25, 0.3) is 0 Å². The second kappa shape index (κ2) is 11.5. The first kappa shape index (κ1) is 27.0. The number of alkyl carbamates (subject to hydrolysis) is 1. The molecule has 0 aliphatic carbocycles. The largest absolute Gasteiger partial charge is 0.453 e. The van der Waals surface area contributed by atoms with Gasteiger partial charge in [0.15, 0.2) is 0 Å². The van der Waals surface area contributed by atoms with Gasteiger partial charge in [-0.3, -0.25) is 4.79 Å². The molecule has 2 N–H and O–H groups in total. The van der Waals surface area contributed by atoms with Crippen molar-refractivity contribution in [1.29, 1.82) is 0 Å². The maximum Gasteiger partial charge on any atom is 0.407 e. The Morgan fingerprint density at radius 3 is 2.51 bits per heavy atom. The number of H-pyrrole nitrogens is 1. The Morgan fingerprint density at radius 2 is 1.86 bits per heavy atom. The molecule has 2 amide bonds. The fraction of sp³-hybridized carbons (Fsp3) is 0.393. The monoisotopic (exact) mass is 615 g/mol. The molecule has 3 aromatic rings. The van der Waals surface area contributed by atoms with Crippen molar-refractivity contribution in [3.05, 3.63) is 58.1 Å². The number of nitrogens with zero attached hydrogens (tertiary/aromatic N) is 3. The van der Waals surface area contributed by atoms with Crippen LogP contribution >= 0.6 is 22.6 Å². The van der Waals surface area contributed by atoms with Crippen LogP contribution in [0.4, 0.5) is 10.5 Å². The lowest BCUT2D eigenvalue weighted by atomic mass is 10.0. The van der Waals surface area contributed by atoms with Crippen molar-refractivity contribution in [3.63, 3.8) is 0 Å². The van der Waals surface area contributed by atoms with Crippen molar-refractivity contribution in [2.45, 2.75) is 38.8 Å². The minimum atomic E-state index is -0.653. The molecule has 196 valence electrons. The van der Waals surface area contributed by atoms with Gasteiger partial charge in [0, 0.05) is 35.5 Å². The number of hydrogen-bond donors (Lipinski definition) is 2. The van der Waals surface area contributed by atoms with E-state index in [2.05, 4.69) is 85.2 Å². The normalized spacial score (nSPS) is 16.1. The molecular weight excluding hydrogens is 581 g/mol. The molecule has 2 heterocycles. The number of likely N-dealkylation sites (tertiary alicyclic amines) is 1. The highest BCUT2D eigenvalue weighted by Gasteiger charge is 2.37. The van der Waals surface area contributed by atoms with Gasteiger partial charge in [0.2, 0.25) is 5.91 Å². The van der Waals surface area contributed by atoms with Gasteiger partial charge >= 0.3 is 6.09 Å². The van der Waals surface area contributed by atoms with Crippen LogP contribution in [0.2, 0.25) is 0 Å². The summed E-state index contributed by atoms with van der Waals surface area (Å²) < 4.78 is 5.90. The van der Waals surface area contributed by atoms with Crippen molar-refractivity contribution in [2.24, 2.45) is 5.92 Å². The lowest BCUT2D eigenvalue weighted by molar-refractivity contribution is -0.135. The summed E-state index contributed by atoms with van der Waals surface area (Å²) in [6.45, 7) is 4.45. The highest BCUT2D eigenvalue weighted by molar-refractivity contribution is 14.1. The number of methoxy groups -OCH3 is 1. The smallest absolute Gasteiger partial charge is 0.407 e. The Labute approximate surface area is 231 Å². The van der Waals surface area contributed by atoms with E-state index in [9.17, 15) is 9.59 Å². The standard InChI is InChI=1S/C28H34IN5O3/c1-17(2)25(32-28(36)37-5)27(35)34-14-6-7-24(34)26-30-16-23(31-26)19-10-13-22(29)21(15-19)18-8-11-20(12-9-18)33(3)4/h8-13,15-17,24-25H,6-7,14H2,1-5H3,(H,30,31)(H,32,36)/t24?,25-/m0/s1.